The first kappa shape index (κ1) is 21.0. The van der Waals surface area contributed by atoms with Crippen LogP contribution in [-0.2, 0) is 28.9 Å². The number of nitrogens with zero attached hydrogens (tertiary/aromatic N) is 4. The maximum absolute atomic E-state index is 11.5. The molecule has 3 aromatic rings. The Bertz CT molecular complexity index is 1010. The predicted octanol–water partition coefficient (Wildman–Crippen LogP) is 3.18. The van der Waals surface area contributed by atoms with Crippen LogP contribution in [0.2, 0.25) is 0 Å². The number of hydrogen-bond acceptors (Lipinski definition) is 6. The standard InChI is InChI=1S/C22H31N5O2/c1-5-6-7-18-25-20-21(27(18)13-12-26(2)3)16-10-8-15(9-11-19(28)29-4)14-17(16)24-22(20)23/h8,10,14H,5-7,9,11-13H2,1-4H3,(H2,23,24). The van der Waals surface area contributed by atoms with E-state index in [9.17, 15) is 4.79 Å². The van der Waals surface area contributed by atoms with E-state index in [1.807, 2.05) is 6.07 Å². The third kappa shape index (κ3) is 4.67. The Morgan fingerprint density at radius 2 is 2.03 bits per heavy atom. The fourth-order valence-electron chi connectivity index (χ4n) is 3.57. The molecule has 7 heteroatoms. The summed E-state index contributed by atoms with van der Waals surface area (Å²) < 4.78 is 7.05. The van der Waals surface area contributed by atoms with Gasteiger partial charge in [-0.3, -0.25) is 4.79 Å². The quantitative estimate of drug-likeness (QED) is 0.558. The van der Waals surface area contributed by atoms with Crippen molar-refractivity contribution in [3.05, 3.63) is 29.6 Å². The number of carbonyl (C=O) groups is 1. The molecule has 1 aromatic carbocycles. The summed E-state index contributed by atoms with van der Waals surface area (Å²) in [4.78, 5) is 23.1. The number of unbranched alkanes of at least 4 members (excludes halogenated alkanes) is 1. The minimum absolute atomic E-state index is 0.213. The molecular weight excluding hydrogens is 366 g/mol. The Morgan fingerprint density at radius 3 is 2.72 bits per heavy atom. The Labute approximate surface area is 171 Å². The molecule has 0 bridgehead atoms. The largest absolute Gasteiger partial charge is 0.469 e. The number of likely N-dealkylation sites (N-methyl/N-ethyl adjacent to an activating group) is 1. The highest BCUT2D eigenvalue weighted by Crippen LogP contribution is 2.30. The second kappa shape index (κ2) is 9.22. The molecule has 2 aromatic heterocycles. The van der Waals surface area contributed by atoms with Crippen LogP contribution in [-0.4, -0.2) is 53.2 Å². The zero-order valence-corrected chi connectivity index (χ0v) is 17.9. The van der Waals surface area contributed by atoms with E-state index in [0.29, 0.717) is 18.7 Å². The molecule has 2 heterocycles. The van der Waals surface area contributed by atoms with Gasteiger partial charge in [0.05, 0.1) is 18.1 Å². The highest BCUT2D eigenvalue weighted by atomic mass is 16.5. The SMILES string of the molecule is CCCCc1nc2c(N)nc3cc(CCC(=O)OC)ccc3c2n1CCN(C)C. The number of carbonyl (C=O) groups excluding carboxylic acids is 1. The summed E-state index contributed by atoms with van der Waals surface area (Å²) in [7, 11) is 5.56. The van der Waals surface area contributed by atoms with Gasteiger partial charge in [0.25, 0.3) is 0 Å². The molecule has 156 valence electrons. The van der Waals surface area contributed by atoms with E-state index in [1.165, 1.54) is 7.11 Å². The van der Waals surface area contributed by atoms with Crippen LogP contribution in [0.5, 0.6) is 0 Å². The molecule has 7 nitrogen and oxygen atoms in total. The van der Waals surface area contributed by atoms with E-state index >= 15 is 0 Å². The van der Waals surface area contributed by atoms with E-state index < -0.39 is 0 Å². The zero-order chi connectivity index (χ0) is 21.0. The van der Waals surface area contributed by atoms with Gasteiger partial charge in [0.15, 0.2) is 5.82 Å². The average Bonchev–Trinajstić information content (AvgIpc) is 3.07. The number of pyridine rings is 1. The Morgan fingerprint density at radius 1 is 1.24 bits per heavy atom. The summed E-state index contributed by atoms with van der Waals surface area (Å²) in [5.74, 6) is 1.31. The van der Waals surface area contributed by atoms with Gasteiger partial charge in [-0.1, -0.05) is 25.5 Å². The van der Waals surface area contributed by atoms with Crippen molar-refractivity contribution < 1.29 is 9.53 Å². The van der Waals surface area contributed by atoms with Crippen LogP contribution in [0.3, 0.4) is 0 Å². The summed E-state index contributed by atoms with van der Waals surface area (Å²) in [6, 6.07) is 6.15. The predicted molar refractivity (Wildman–Crippen MR) is 117 cm³/mol. The molecule has 0 fully saturated rings. The van der Waals surface area contributed by atoms with Gasteiger partial charge in [-0.2, -0.15) is 0 Å². The average molecular weight is 398 g/mol. The molecule has 0 amide bonds. The van der Waals surface area contributed by atoms with E-state index in [1.54, 1.807) is 0 Å². The van der Waals surface area contributed by atoms with Crippen molar-refractivity contribution in [2.45, 2.75) is 45.6 Å². The number of aromatic nitrogens is 3. The fraction of sp³-hybridized carbons (Fsp3) is 0.500. The number of aryl methyl sites for hydroxylation is 2. The molecule has 2 N–H and O–H groups in total. The van der Waals surface area contributed by atoms with E-state index in [4.69, 9.17) is 15.5 Å². The molecule has 0 aliphatic heterocycles. The van der Waals surface area contributed by atoms with Gasteiger partial charge in [-0.25, -0.2) is 9.97 Å². The zero-order valence-electron chi connectivity index (χ0n) is 17.9. The number of esters is 1. The van der Waals surface area contributed by atoms with Gasteiger partial charge in [-0.05, 0) is 38.6 Å². The highest BCUT2D eigenvalue weighted by molar-refractivity contribution is 6.06. The van der Waals surface area contributed by atoms with Gasteiger partial charge in [-0.15, -0.1) is 0 Å². The normalized spacial score (nSPS) is 11.6. The number of ether oxygens (including phenoxy) is 1. The first-order chi connectivity index (χ1) is 13.9. The molecule has 0 spiro atoms. The third-order valence-electron chi connectivity index (χ3n) is 5.22. The van der Waals surface area contributed by atoms with Crippen LogP contribution in [0.4, 0.5) is 5.82 Å². The third-order valence-corrected chi connectivity index (χ3v) is 5.22. The van der Waals surface area contributed by atoms with E-state index in [2.05, 4.69) is 47.6 Å². The maximum atomic E-state index is 11.5. The fourth-order valence-corrected chi connectivity index (χ4v) is 3.57. The number of nitrogens with two attached hydrogens (primary N) is 1. The van der Waals surface area contributed by atoms with Crippen molar-refractivity contribution in [3.8, 4) is 0 Å². The molecular formula is C22H31N5O2. The second-order valence-corrected chi connectivity index (χ2v) is 7.71. The van der Waals surface area contributed by atoms with Gasteiger partial charge in [0, 0.05) is 31.3 Å². The molecule has 0 atom stereocenters. The highest BCUT2D eigenvalue weighted by Gasteiger charge is 2.17. The number of methoxy groups -OCH3 is 1. The van der Waals surface area contributed by atoms with Gasteiger partial charge < -0.3 is 19.9 Å². The van der Waals surface area contributed by atoms with Crippen LogP contribution in [0.25, 0.3) is 21.9 Å². The monoisotopic (exact) mass is 397 g/mol. The van der Waals surface area contributed by atoms with Crippen molar-refractivity contribution in [1.82, 2.24) is 19.4 Å². The maximum Gasteiger partial charge on any atom is 0.305 e. The number of rotatable bonds is 9. The van der Waals surface area contributed by atoms with Crippen LogP contribution in [0.15, 0.2) is 18.2 Å². The first-order valence-corrected chi connectivity index (χ1v) is 10.2. The number of imidazole rings is 1. The molecule has 0 saturated heterocycles. The lowest BCUT2D eigenvalue weighted by Gasteiger charge is -2.14. The van der Waals surface area contributed by atoms with Gasteiger partial charge in [0.2, 0.25) is 0 Å². The molecule has 0 aliphatic rings. The van der Waals surface area contributed by atoms with E-state index in [-0.39, 0.29) is 5.97 Å². The van der Waals surface area contributed by atoms with Crippen molar-refractivity contribution >= 4 is 33.7 Å². The van der Waals surface area contributed by atoms with Gasteiger partial charge >= 0.3 is 5.97 Å². The smallest absolute Gasteiger partial charge is 0.305 e. The molecule has 3 rings (SSSR count). The number of fused-ring (bicyclic) bond motifs is 3. The topological polar surface area (TPSA) is 86.3 Å². The lowest BCUT2D eigenvalue weighted by molar-refractivity contribution is -0.140. The number of hydrogen-bond donors (Lipinski definition) is 1. The number of nitrogen functional groups attached to an aromatic ring is 1. The molecule has 0 aliphatic carbocycles. The molecule has 29 heavy (non-hydrogen) atoms. The van der Waals surface area contributed by atoms with E-state index in [0.717, 1.165) is 65.7 Å². The lowest BCUT2D eigenvalue weighted by atomic mass is 10.1. The number of benzene rings is 1. The Kier molecular flexibility index (Phi) is 6.69. The summed E-state index contributed by atoms with van der Waals surface area (Å²) in [6.45, 7) is 3.96. The van der Waals surface area contributed by atoms with Crippen molar-refractivity contribution in [1.29, 1.82) is 0 Å². The van der Waals surface area contributed by atoms with Crippen molar-refractivity contribution in [3.63, 3.8) is 0 Å². The summed E-state index contributed by atoms with van der Waals surface area (Å²) in [6.07, 6.45) is 4.10. The second-order valence-electron chi connectivity index (χ2n) is 7.71. The lowest BCUT2D eigenvalue weighted by Crippen LogP contribution is -2.19. The molecule has 0 unspecified atom stereocenters. The molecule has 0 radical (unpaired) electrons. The summed E-state index contributed by atoms with van der Waals surface area (Å²) in [5.41, 5.74) is 10.0. The minimum atomic E-state index is -0.213. The van der Waals surface area contributed by atoms with Crippen molar-refractivity contribution in [2.24, 2.45) is 0 Å². The summed E-state index contributed by atoms with van der Waals surface area (Å²) >= 11 is 0. The van der Waals surface area contributed by atoms with Crippen molar-refractivity contribution in [2.75, 3.05) is 33.5 Å². The van der Waals surface area contributed by atoms with Crippen LogP contribution >= 0.6 is 0 Å². The number of anilines is 1. The van der Waals surface area contributed by atoms with Crippen LogP contribution < -0.4 is 5.73 Å². The minimum Gasteiger partial charge on any atom is -0.469 e. The Hall–Kier alpha value is -2.67. The molecule has 0 saturated carbocycles. The first-order valence-electron chi connectivity index (χ1n) is 10.2. The van der Waals surface area contributed by atoms with Crippen LogP contribution in [0.1, 0.15) is 37.6 Å². The Balaban J connectivity index is 2.09. The summed E-state index contributed by atoms with van der Waals surface area (Å²) in [5, 5.41) is 1.05. The van der Waals surface area contributed by atoms with Gasteiger partial charge in [0.1, 0.15) is 11.3 Å². The van der Waals surface area contributed by atoms with Crippen LogP contribution in [0, 0.1) is 0 Å².